The molecule has 0 N–H and O–H groups in total. The maximum absolute atomic E-state index is 13.0. The van der Waals surface area contributed by atoms with E-state index >= 15 is 0 Å². The molecule has 86 valence electrons. The van der Waals surface area contributed by atoms with Crippen molar-refractivity contribution < 1.29 is 26.3 Å². The van der Waals surface area contributed by atoms with Crippen LogP contribution in [0.1, 0.15) is 0 Å². The third-order valence-corrected chi connectivity index (χ3v) is 4.73. The zero-order valence-electron chi connectivity index (χ0n) is 5.78. The Morgan fingerprint density at radius 3 is 1.07 bits per heavy atom. The highest BCUT2D eigenvalue weighted by molar-refractivity contribution is 9.13. The summed E-state index contributed by atoms with van der Waals surface area (Å²) in [5, 5.41) is -4.67. The third kappa shape index (κ3) is 2.52. The SMILES string of the molecule is FC(F)(Br)C(F)(Cl)C(F)(Br)C(F)(F)Br. The molecule has 0 aliphatic rings. The fraction of sp³-hybridized carbons (Fsp3) is 1.00. The predicted molar refractivity (Wildman–Crippen MR) is 50.2 cm³/mol. The summed E-state index contributed by atoms with van der Waals surface area (Å²) in [4.78, 5) is -9.30. The second kappa shape index (κ2) is 3.96. The number of rotatable bonds is 3. The van der Waals surface area contributed by atoms with Gasteiger partial charge in [-0.05, 0) is 47.8 Å². The van der Waals surface area contributed by atoms with Crippen LogP contribution in [0, 0.1) is 0 Å². The molecule has 0 aromatic rings. The van der Waals surface area contributed by atoms with Gasteiger partial charge in [0.15, 0.2) is 0 Å². The molecule has 0 heterocycles. The lowest BCUT2D eigenvalue weighted by Crippen LogP contribution is -2.56. The summed E-state index contributed by atoms with van der Waals surface area (Å²) >= 11 is 8.63. The monoisotopic (exact) mass is 434 g/mol. The molecule has 0 rings (SSSR count). The lowest BCUT2D eigenvalue weighted by Gasteiger charge is -2.35. The van der Waals surface area contributed by atoms with Gasteiger partial charge in [-0.15, -0.1) is 0 Å². The van der Waals surface area contributed by atoms with E-state index in [1.54, 1.807) is 0 Å². The molecule has 0 aromatic carbocycles. The number of hydrogen-bond donors (Lipinski definition) is 0. The van der Waals surface area contributed by atoms with Gasteiger partial charge in [0.1, 0.15) is 0 Å². The van der Waals surface area contributed by atoms with E-state index in [0.717, 1.165) is 0 Å². The molecular weight excluding hydrogens is 437 g/mol. The van der Waals surface area contributed by atoms with Gasteiger partial charge in [-0.2, -0.15) is 17.6 Å². The van der Waals surface area contributed by atoms with Crippen molar-refractivity contribution in [3.05, 3.63) is 0 Å². The lowest BCUT2D eigenvalue weighted by atomic mass is 10.2. The van der Waals surface area contributed by atoms with Crippen molar-refractivity contribution in [1.29, 1.82) is 0 Å². The van der Waals surface area contributed by atoms with Gasteiger partial charge in [-0.1, -0.05) is 11.6 Å². The van der Waals surface area contributed by atoms with Gasteiger partial charge >= 0.3 is 14.8 Å². The maximum atomic E-state index is 13.0. The predicted octanol–water partition coefficient (Wildman–Crippen LogP) is 4.93. The van der Waals surface area contributed by atoms with Crippen LogP contribution in [-0.2, 0) is 0 Å². The Labute approximate surface area is 105 Å². The van der Waals surface area contributed by atoms with Crippen LogP contribution in [0.2, 0.25) is 0 Å². The van der Waals surface area contributed by atoms with Crippen LogP contribution < -0.4 is 0 Å². The van der Waals surface area contributed by atoms with Gasteiger partial charge in [-0.3, -0.25) is 0 Å². The Bertz CT molecular complexity index is 194. The van der Waals surface area contributed by atoms with Crippen molar-refractivity contribution in [2.75, 3.05) is 0 Å². The molecule has 0 saturated heterocycles. The minimum absolute atomic E-state index is 1.36. The normalized spacial score (nSPS) is 22.7. The molecule has 0 aliphatic heterocycles. The zero-order valence-corrected chi connectivity index (χ0v) is 11.3. The maximum Gasteiger partial charge on any atom is 0.352 e. The van der Waals surface area contributed by atoms with Gasteiger partial charge in [-0.25, -0.2) is 8.78 Å². The second-order valence-electron chi connectivity index (χ2n) is 2.14. The van der Waals surface area contributed by atoms with E-state index in [4.69, 9.17) is 0 Å². The summed E-state index contributed by atoms with van der Waals surface area (Å²) in [5.41, 5.74) is 0. The molecule has 0 fully saturated rings. The molecule has 0 radical (unpaired) electrons. The minimum atomic E-state index is -4.68. The highest BCUT2D eigenvalue weighted by Crippen LogP contribution is 2.59. The van der Waals surface area contributed by atoms with Crippen LogP contribution in [0.15, 0.2) is 0 Å². The molecule has 0 aliphatic carbocycles. The number of halogens is 10. The topological polar surface area (TPSA) is 0 Å². The van der Waals surface area contributed by atoms with E-state index in [2.05, 4.69) is 11.6 Å². The van der Waals surface area contributed by atoms with Crippen LogP contribution in [-0.4, -0.2) is 19.4 Å². The van der Waals surface area contributed by atoms with Crippen molar-refractivity contribution in [3.8, 4) is 0 Å². The summed E-state index contributed by atoms with van der Waals surface area (Å²) in [6, 6.07) is 0. The van der Waals surface area contributed by atoms with Crippen molar-refractivity contribution in [2.45, 2.75) is 19.4 Å². The van der Waals surface area contributed by atoms with Crippen molar-refractivity contribution in [3.63, 3.8) is 0 Å². The summed E-state index contributed by atoms with van der Waals surface area (Å²) in [6.07, 6.45) is 0. The van der Waals surface area contributed by atoms with Crippen molar-refractivity contribution in [2.24, 2.45) is 0 Å². The average molecular weight is 437 g/mol. The molecule has 0 spiro atoms. The van der Waals surface area contributed by atoms with Gasteiger partial charge < -0.3 is 0 Å². The third-order valence-electron chi connectivity index (χ3n) is 1.11. The Hall–Kier alpha value is 1.31. The largest absolute Gasteiger partial charge is 0.352 e. The van der Waals surface area contributed by atoms with Crippen LogP contribution in [0.25, 0.3) is 0 Å². The standard InChI is InChI=1S/C4Br3ClF6/c5-1(9,3(6,11)12)2(8,10)4(7,13)14. The van der Waals surface area contributed by atoms with Crippen LogP contribution >= 0.6 is 59.4 Å². The first kappa shape index (κ1) is 15.3. The minimum Gasteiger partial charge on any atom is -0.218 e. The van der Waals surface area contributed by atoms with E-state index < -0.39 is 19.4 Å². The van der Waals surface area contributed by atoms with Gasteiger partial charge in [0.25, 0.3) is 4.58 Å². The molecule has 2 atom stereocenters. The summed E-state index contributed by atoms with van der Waals surface area (Å²) in [5.74, 6) is 0. The van der Waals surface area contributed by atoms with Gasteiger partial charge in [0, 0.05) is 0 Å². The second-order valence-corrected chi connectivity index (χ2v) is 5.75. The number of hydrogen-bond acceptors (Lipinski definition) is 0. The molecule has 0 bridgehead atoms. The summed E-state index contributed by atoms with van der Waals surface area (Å²) in [7, 11) is 0. The first-order valence-electron chi connectivity index (χ1n) is 2.64. The molecule has 2 unspecified atom stereocenters. The number of alkyl halides is 10. The fourth-order valence-corrected chi connectivity index (χ4v) is 1.65. The molecule has 14 heavy (non-hydrogen) atoms. The molecule has 0 aromatic heterocycles. The Morgan fingerprint density at radius 1 is 0.714 bits per heavy atom. The fourth-order valence-electron chi connectivity index (χ4n) is 0.356. The van der Waals surface area contributed by atoms with E-state index in [1.165, 1.54) is 47.8 Å². The van der Waals surface area contributed by atoms with Gasteiger partial charge in [0.2, 0.25) is 0 Å². The molecule has 0 saturated carbocycles. The van der Waals surface area contributed by atoms with E-state index in [-0.39, 0.29) is 0 Å². The van der Waals surface area contributed by atoms with Crippen LogP contribution in [0.3, 0.4) is 0 Å². The summed E-state index contributed by atoms with van der Waals surface area (Å²) < 4.78 is 70.7. The molecular formula is C4Br3ClF6. The highest BCUT2D eigenvalue weighted by atomic mass is 79.9. The van der Waals surface area contributed by atoms with E-state index in [0.29, 0.717) is 0 Å². The Balaban J connectivity index is 5.30. The zero-order chi connectivity index (χ0) is 12.0. The molecule has 0 amide bonds. The Morgan fingerprint density at radius 2 is 1.00 bits per heavy atom. The van der Waals surface area contributed by atoms with Crippen molar-refractivity contribution in [1.82, 2.24) is 0 Å². The van der Waals surface area contributed by atoms with Gasteiger partial charge in [0.05, 0.1) is 0 Å². The molecule has 0 nitrogen and oxygen atoms in total. The quantitative estimate of drug-likeness (QED) is 0.434. The van der Waals surface area contributed by atoms with Crippen LogP contribution in [0.5, 0.6) is 0 Å². The first-order chi connectivity index (χ1) is 5.75. The van der Waals surface area contributed by atoms with Crippen LogP contribution in [0.4, 0.5) is 26.3 Å². The highest BCUT2D eigenvalue weighted by Gasteiger charge is 2.75. The molecule has 10 heteroatoms. The van der Waals surface area contributed by atoms with E-state index in [1.807, 2.05) is 0 Å². The smallest absolute Gasteiger partial charge is 0.218 e. The lowest BCUT2D eigenvalue weighted by molar-refractivity contribution is -0.119. The summed E-state index contributed by atoms with van der Waals surface area (Å²) in [6.45, 7) is 0. The Kier molecular flexibility index (Phi) is 4.33. The van der Waals surface area contributed by atoms with E-state index in [9.17, 15) is 26.3 Å². The van der Waals surface area contributed by atoms with Crippen molar-refractivity contribution >= 4 is 59.4 Å². The first-order valence-corrected chi connectivity index (χ1v) is 5.40. The average Bonchev–Trinajstić information content (AvgIpc) is 1.81.